The van der Waals surface area contributed by atoms with Gasteiger partial charge in [0.05, 0.1) is 0 Å². The van der Waals surface area contributed by atoms with Crippen LogP contribution in [0.4, 0.5) is 5.82 Å². The lowest BCUT2D eigenvalue weighted by atomic mass is 10.3. The number of hydrogen-bond acceptors (Lipinski definition) is 5. The molecule has 0 radical (unpaired) electrons. The van der Waals surface area contributed by atoms with Gasteiger partial charge in [0.25, 0.3) is 0 Å². The normalized spacial score (nSPS) is 16.4. The highest BCUT2D eigenvalue weighted by atomic mass is 35.5. The Kier molecular flexibility index (Phi) is 4.88. The van der Waals surface area contributed by atoms with Crippen LogP contribution in [0.15, 0.2) is 23.2 Å². The Morgan fingerprint density at radius 1 is 1.42 bits per heavy atom. The molecule has 1 saturated heterocycles. The average molecular weight is 296 g/mol. The maximum atomic E-state index is 8.65. The molecule has 0 aliphatic carbocycles. The summed E-state index contributed by atoms with van der Waals surface area (Å²) < 4.78 is 0. The van der Waals surface area contributed by atoms with Crippen molar-refractivity contribution in [3.63, 3.8) is 0 Å². The summed E-state index contributed by atoms with van der Waals surface area (Å²) >= 11 is 7.40. The summed E-state index contributed by atoms with van der Waals surface area (Å²) in [7, 11) is 0. The molecule has 1 aromatic rings. The number of aliphatic imine (C=N–C) groups is 1. The lowest BCUT2D eigenvalue weighted by Gasteiger charge is -2.36. The molecule has 2 heterocycles. The number of piperazine rings is 1. The van der Waals surface area contributed by atoms with Gasteiger partial charge in [-0.05, 0) is 18.4 Å². The molecule has 0 bridgehead atoms. The van der Waals surface area contributed by atoms with Gasteiger partial charge in [0.2, 0.25) is 6.19 Å². The number of pyridine rings is 1. The van der Waals surface area contributed by atoms with Gasteiger partial charge >= 0.3 is 0 Å². The van der Waals surface area contributed by atoms with Crippen molar-refractivity contribution in [3.8, 4) is 6.19 Å². The first-order valence-electron chi connectivity index (χ1n) is 5.88. The zero-order chi connectivity index (χ0) is 13.7. The Labute approximate surface area is 121 Å². The molecule has 1 aromatic heterocycles. The number of thioether (sulfide) groups is 1. The molecule has 0 unspecified atom stereocenters. The van der Waals surface area contributed by atoms with E-state index in [1.807, 2.05) is 24.6 Å². The Morgan fingerprint density at radius 3 is 2.74 bits per heavy atom. The van der Waals surface area contributed by atoms with Gasteiger partial charge in [0.1, 0.15) is 11.0 Å². The molecular weight excluding hydrogens is 282 g/mol. The quantitative estimate of drug-likeness (QED) is 0.343. The minimum absolute atomic E-state index is 0.510. The zero-order valence-electron chi connectivity index (χ0n) is 10.6. The lowest BCUT2D eigenvalue weighted by molar-refractivity contribution is 0.391. The van der Waals surface area contributed by atoms with Gasteiger partial charge in [-0.15, -0.1) is 4.99 Å². The van der Waals surface area contributed by atoms with Crippen LogP contribution in [0.5, 0.6) is 0 Å². The van der Waals surface area contributed by atoms with E-state index >= 15 is 0 Å². The smallest absolute Gasteiger partial charge is 0.208 e. The second-order valence-electron chi connectivity index (χ2n) is 3.99. The standard InChI is InChI=1S/C12H14ClN5S/c1-19-12(15-9-14)18-7-5-17(6-8-18)11-4-2-3-10(13)16-11/h2-4H,5-8H2,1H3. The summed E-state index contributed by atoms with van der Waals surface area (Å²) in [6.07, 6.45) is 3.78. The molecule has 0 saturated carbocycles. The SMILES string of the molecule is CSC(=NC#N)N1CCN(c2cccc(Cl)n2)CC1. The maximum absolute atomic E-state index is 8.65. The topological polar surface area (TPSA) is 55.5 Å². The molecule has 0 spiro atoms. The van der Waals surface area contributed by atoms with Crippen LogP contribution in [-0.4, -0.2) is 47.5 Å². The third-order valence-corrected chi connectivity index (χ3v) is 3.83. The van der Waals surface area contributed by atoms with Crippen LogP contribution in [0.25, 0.3) is 0 Å². The fraction of sp³-hybridized carbons (Fsp3) is 0.417. The Hall–Kier alpha value is -1.45. The number of hydrogen-bond donors (Lipinski definition) is 0. The van der Waals surface area contributed by atoms with Crippen LogP contribution in [0.2, 0.25) is 5.15 Å². The van der Waals surface area contributed by atoms with E-state index in [4.69, 9.17) is 16.9 Å². The molecule has 1 aliphatic rings. The van der Waals surface area contributed by atoms with Crippen molar-refractivity contribution in [2.75, 3.05) is 37.3 Å². The molecule has 19 heavy (non-hydrogen) atoms. The van der Waals surface area contributed by atoms with Gasteiger partial charge in [-0.25, -0.2) is 4.98 Å². The second kappa shape index (κ2) is 6.64. The van der Waals surface area contributed by atoms with Gasteiger partial charge in [0.15, 0.2) is 5.17 Å². The molecule has 0 atom stereocenters. The largest absolute Gasteiger partial charge is 0.353 e. The molecule has 1 aliphatic heterocycles. The molecule has 1 fully saturated rings. The number of rotatable bonds is 1. The predicted molar refractivity (Wildman–Crippen MR) is 79.6 cm³/mol. The van der Waals surface area contributed by atoms with Gasteiger partial charge < -0.3 is 9.80 Å². The summed E-state index contributed by atoms with van der Waals surface area (Å²) in [6.45, 7) is 3.35. The first kappa shape index (κ1) is 14.0. The van der Waals surface area contributed by atoms with Crippen LogP contribution in [-0.2, 0) is 0 Å². The summed E-state index contributed by atoms with van der Waals surface area (Å²) in [4.78, 5) is 12.4. The Morgan fingerprint density at radius 2 is 2.16 bits per heavy atom. The van der Waals surface area contributed by atoms with E-state index in [2.05, 4.69) is 19.8 Å². The molecule has 0 N–H and O–H groups in total. The van der Waals surface area contributed by atoms with E-state index in [-0.39, 0.29) is 0 Å². The van der Waals surface area contributed by atoms with Gasteiger partial charge in [-0.2, -0.15) is 5.26 Å². The average Bonchev–Trinajstić information content (AvgIpc) is 2.45. The fourth-order valence-electron chi connectivity index (χ4n) is 1.99. The van der Waals surface area contributed by atoms with E-state index in [1.54, 1.807) is 6.07 Å². The monoisotopic (exact) mass is 295 g/mol. The van der Waals surface area contributed by atoms with E-state index < -0.39 is 0 Å². The molecule has 7 heteroatoms. The summed E-state index contributed by atoms with van der Waals surface area (Å²) in [5.41, 5.74) is 0. The van der Waals surface area contributed by atoms with Crippen LogP contribution in [0.3, 0.4) is 0 Å². The number of aromatic nitrogens is 1. The van der Waals surface area contributed by atoms with Gasteiger partial charge in [0, 0.05) is 26.2 Å². The number of anilines is 1. The first-order chi connectivity index (χ1) is 9.24. The first-order valence-corrected chi connectivity index (χ1v) is 7.48. The van der Waals surface area contributed by atoms with Crippen molar-refractivity contribution in [1.82, 2.24) is 9.88 Å². The molecule has 2 rings (SSSR count). The minimum atomic E-state index is 0.510. The maximum Gasteiger partial charge on any atom is 0.208 e. The van der Waals surface area contributed by atoms with Gasteiger partial charge in [-0.1, -0.05) is 29.4 Å². The molecule has 0 aromatic carbocycles. The Bertz CT molecular complexity index is 505. The molecular formula is C12H14ClN5S. The number of amidine groups is 1. The minimum Gasteiger partial charge on any atom is -0.353 e. The van der Waals surface area contributed by atoms with E-state index in [1.165, 1.54) is 11.8 Å². The molecule has 100 valence electrons. The summed E-state index contributed by atoms with van der Waals surface area (Å²) in [6, 6.07) is 5.63. The zero-order valence-corrected chi connectivity index (χ0v) is 12.2. The number of halogens is 1. The fourth-order valence-corrected chi connectivity index (χ4v) is 2.72. The third kappa shape index (κ3) is 3.52. The molecule has 0 amide bonds. The van der Waals surface area contributed by atoms with Crippen molar-refractivity contribution < 1.29 is 0 Å². The van der Waals surface area contributed by atoms with Crippen molar-refractivity contribution in [1.29, 1.82) is 5.26 Å². The third-order valence-electron chi connectivity index (χ3n) is 2.90. The highest BCUT2D eigenvalue weighted by molar-refractivity contribution is 8.13. The van der Waals surface area contributed by atoms with E-state index in [0.717, 1.165) is 37.2 Å². The van der Waals surface area contributed by atoms with E-state index in [9.17, 15) is 0 Å². The summed E-state index contributed by atoms with van der Waals surface area (Å²) in [5, 5.41) is 9.94. The highest BCUT2D eigenvalue weighted by Crippen LogP contribution is 2.17. The summed E-state index contributed by atoms with van der Waals surface area (Å²) in [5.74, 6) is 0.898. The van der Waals surface area contributed by atoms with Crippen LogP contribution in [0.1, 0.15) is 0 Å². The van der Waals surface area contributed by atoms with Crippen LogP contribution in [0, 0.1) is 11.5 Å². The van der Waals surface area contributed by atoms with Gasteiger partial charge in [-0.3, -0.25) is 0 Å². The molecule has 5 nitrogen and oxygen atoms in total. The van der Waals surface area contributed by atoms with Crippen molar-refractivity contribution in [3.05, 3.63) is 23.4 Å². The van der Waals surface area contributed by atoms with Crippen molar-refractivity contribution >= 4 is 34.3 Å². The Balaban J connectivity index is 2.00. The van der Waals surface area contributed by atoms with Crippen molar-refractivity contribution in [2.45, 2.75) is 0 Å². The van der Waals surface area contributed by atoms with Crippen molar-refractivity contribution in [2.24, 2.45) is 4.99 Å². The van der Waals surface area contributed by atoms with E-state index in [0.29, 0.717) is 5.15 Å². The van der Waals surface area contributed by atoms with Crippen LogP contribution >= 0.6 is 23.4 Å². The van der Waals surface area contributed by atoms with Crippen LogP contribution < -0.4 is 4.90 Å². The number of nitrogens with zero attached hydrogens (tertiary/aromatic N) is 5. The predicted octanol–water partition coefficient (Wildman–Crippen LogP) is 2.06. The number of nitriles is 1. The highest BCUT2D eigenvalue weighted by Gasteiger charge is 2.20. The second-order valence-corrected chi connectivity index (χ2v) is 5.15. The lowest BCUT2D eigenvalue weighted by Crippen LogP contribution is -2.48.